The Kier molecular flexibility index (Phi) is 4.86. The lowest BCUT2D eigenvalue weighted by atomic mass is 10.1. The molecule has 0 fully saturated rings. The molecule has 0 aromatic rings. The third-order valence-corrected chi connectivity index (χ3v) is 1.81. The summed E-state index contributed by atoms with van der Waals surface area (Å²) >= 11 is 5.60. The molecule has 0 aromatic carbocycles. The number of halogens is 2. The van der Waals surface area contributed by atoms with Crippen LogP contribution in [0.3, 0.4) is 0 Å². The van der Waals surface area contributed by atoms with E-state index < -0.39 is 18.0 Å². The first-order valence-corrected chi connectivity index (χ1v) is 3.68. The largest absolute Gasteiger partial charge is 0.478 e. The molecule has 0 aliphatic carbocycles. The molecule has 0 aliphatic rings. The normalized spacial score (nSPS) is 14.6. The lowest BCUT2D eigenvalue weighted by Crippen LogP contribution is -2.06. The smallest absolute Gasteiger partial charge is 0.328 e. The third-order valence-electron chi connectivity index (χ3n) is 1.22. The van der Waals surface area contributed by atoms with Crippen molar-refractivity contribution in [3.63, 3.8) is 0 Å². The van der Waals surface area contributed by atoms with Crippen LogP contribution in [0.1, 0.15) is 13.3 Å². The minimum absolute atomic E-state index is 0.127. The zero-order chi connectivity index (χ0) is 8.85. The van der Waals surface area contributed by atoms with E-state index in [1.54, 1.807) is 6.92 Å². The van der Waals surface area contributed by atoms with E-state index in [2.05, 4.69) is 0 Å². The van der Waals surface area contributed by atoms with E-state index in [1.165, 1.54) is 0 Å². The van der Waals surface area contributed by atoms with Crippen LogP contribution in [-0.2, 0) is 4.79 Å². The first kappa shape index (κ1) is 10.4. The van der Waals surface area contributed by atoms with Gasteiger partial charge in [0.2, 0.25) is 0 Å². The van der Waals surface area contributed by atoms with Gasteiger partial charge in [0, 0.05) is 6.08 Å². The summed E-state index contributed by atoms with van der Waals surface area (Å²) in [5.74, 6) is -1.16. The van der Waals surface area contributed by atoms with Gasteiger partial charge in [-0.25, -0.2) is 9.18 Å². The average Bonchev–Trinajstić information content (AvgIpc) is 1.98. The number of carbonyl (C=O) groups is 1. The molecule has 0 bridgehead atoms. The van der Waals surface area contributed by atoms with Crippen LogP contribution in [0.4, 0.5) is 4.39 Å². The summed E-state index contributed by atoms with van der Waals surface area (Å²) in [6.07, 6.45) is 1.35. The van der Waals surface area contributed by atoms with Crippen molar-refractivity contribution in [2.45, 2.75) is 18.7 Å². The fourth-order valence-electron chi connectivity index (χ4n) is 0.634. The molecule has 0 amide bonds. The fraction of sp³-hybridized carbons (Fsp3) is 0.571. The number of aliphatic carboxylic acids is 1. The van der Waals surface area contributed by atoms with Crippen molar-refractivity contribution in [1.82, 2.24) is 0 Å². The Morgan fingerprint density at radius 2 is 2.36 bits per heavy atom. The standard InChI is InChI=1S/C7H10ClFO2/c1-2-6(8)5(4-9)3-7(10)11/h3,6H,2,4H2,1H3,(H,10,11)/b5-3+. The van der Waals surface area contributed by atoms with Crippen LogP contribution in [0.5, 0.6) is 0 Å². The van der Waals surface area contributed by atoms with Crippen molar-refractivity contribution in [2.75, 3.05) is 6.67 Å². The predicted molar refractivity (Wildman–Crippen MR) is 41.6 cm³/mol. The second-order valence-corrected chi connectivity index (χ2v) is 2.59. The summed E-state index contributed by atoms with van der Waals surface area (Å²) in [6.45, 7) is 0.970. The minimum atomic E-state index is -1.16. The van der Waals surface area contributed by atoms with E-state index in [0.29, 0.717) is 6.42 Å². The molecule has 2 nitrogen and oxygen atoms in total. The second-order valence-electron chi connectivity index (χ2n) is 2.07. The summed E-state index contributed by atoms with van der Waals surface area (Å²) in [5.41, 5.74) is 0.127. The zero-order valence-electron chi connectivity index (χ0n) is 6.18. The van der Waals surface area contributed by atoms with Crippen molar-refractivity contribution in [1.29, 1.82) is 0 Å². The quantitative estimate of drug-likeness (QED) is 0.531. The lowest BCUT2D eigenvalue weighted by Gasteiger charge is -2.05. The number of hydrogen-bond donors (Lipinski definition) is 1. The number of hydrogen-bond acceptors (Lipinski definition) is 1. The molecule has 11 heavy (non-hydrogen) atoms. The molecule has 0 heterocycles. The van der Waals surface area contributed by atoms with E-state index in [1.807, 2.05) is 0 Å². The lowest BCUT2D eigenvalue weighted by molar-refractivity contribution is -0.131. The fourth-order valence-corrected chi connectivity index (χ4v) is 0.755. The molecule has 1 atom stereocenters. The molecule has 0 spiro atoms. The van der Waals surface area contributed by atoms with Gasteiger partial charge in [0.25, 0.3) is 0 Å². The van der Waals surface area contributed by atoms with Gasteiger partial charge in [0.1, 0.15) is 6.67 Å². The number of carboxylic acids is 1. The van der Waals surface area contributed by atoms with Crippen LogP contribution in [0.2, 0.25) is 0 Å². The number of carboxylic acid groups (broad SMARTS) is 1. The minimum Gasteiger partial charge on any atom is -0.478 e. The van der Waals surface area contributed by atoms with Gasteiger partial charge in [-0.1, -0.05) is 6.92 Å². The molecule has 0 saturated heterocycles. The molecule has 1 unspecified atom stereocenters. The molecule has 0 aliphatic heterocycles. The first-order valence-electron chi connectivity index (χ1n) is 3.25. The number of alkyl halides is 2. The Morgan fingerprint density at radius 3 is 2.64 bits per heavy atom. The van der Waals surface area contributed by atoms with E-state index in [4.69, 9.17) is 16.7 Å². The SMILES string of the molecule is CCC(Cl)/C(=C/C(=O)O)CF. The Balaban J connectivity index is 4.26. The van der Waals surface area contributed by atoms with E-state index in [-0.39, 0.29) is 5.57 Å². The van der Waals surface area contributed by atoms with Crippen molar-refractivity contribution < 1.29 is 14.3 Å². The Labute approximate surface area is 69.7 Å². The Morgan fingerprint density at radius 1 is 1.82 bits per heavy atom. The molecular weight excluding hydrogens is 171 g/mol. The van der Waals surface area contributed by atoms with Gasteiger partial charge in [-0.15, -0.1) is 11.6 Å². The van der Waals surface area contributed by atoms with Gasteiger partial charge in [-0.3, -0.25) is 0 Å². The zero-order valence-corrected chi connectivity index (χ0v) is 6.94. The van der Waals surface area contributed by atoms with Crippen LogP contribution >= 0.6 is 11.6 Å². The van der Waals surface area contributed by atoms with Crippen LogP contribution in [0.15, 0.2) is 11.6 Å². The predicted octanol–water partition coefficient (Wildman–Crippen LogP) is 1.98. The highest BCUT2D eigenvalue weighted by Crippen LogP contribution is 2.13. The van der Waals surface area contributed by atoms with Crippen molar-refractivity contribution in [3.8, 4) is 0 Å². The van der Waals surface area contributed by atoms with Crippen LogP contribution in [0, 0.1) is 0 Å². The summed E-state index contributed by atoms with van der Waals surface area (Å²) < 4.78 is 12.0. The van der Waals surface area contributed by atoms with Gasteiger partial charge in [-0.05, 0) is 12.0 Å². The highest BCUT2D eigenvalue weighted by molar-refractivity contribution is 6.22. The van der Waals surface area contributed by atoms with Gasteiger partial charge in [0.15, 0.2) is 0 Å². The highest BCUT2D eigenvalue weighted by Gasteiger charge is 2.09. The molecular formula is C7H10ClFO2. The maximum Gasteiger partial charge on any atom is 0.328 e. The molecule has 4 heteroatoms. The van der Waals surface area contributed by atoms with Crippen molar-refractivity contribution in [3.05, 3.63) is 11.6 Å². The molecule has 0 rings (SSSR count). The van der Waals surface area contributed by atoms with Gasteiger partial charge >= 0.3 is 5.97 Å². The maximum absolute atomic E-state index is 12.0. The maximum atomic E-state index is 12.0. The second kappa shape index (κ2) is 5.13. The molecule has 0 radical (unpaired) electrons. The van der Waals surface area contributed by atoms with E-state index >= 15 is 0 Å². The van der Waals surface area contributed by atoms with E-state index in [9.17, 15) is 9.18 Å². The van der Waals surface area contributed by atoms with Gasteiger partial charge in [0.05, 0.1) is 5.38 Å². The molecule has 1 N–H and O–H groups in total. The monoisotopic (exact) mass is 180 g/mol. The summed E-state index contributed by atoms with van der Waals surface area (Å²) in [7, 11) is 0. The van der Waals surface area contributed by atoms with Crippen molar-refractivity contribution in [2.24, 2.45) is 0 Å². The molecule has 64 valence electrons. The highest BCUT2D eigenvalue weighted by atomic mass is 35.5. The van der Waals surface area contributed by atoms with Crippen molar-refractivity contribution >= 4 is 17.6 Å². The van der Waals surface area contributed by atoms with Crippen LogP contribution < -0.4 is 0 Å². The van der Waals surface area contributed by atoms with Gasteiger partial charge in [-0.2, -0.15) is 0 Å². The van der Waals surface area contributed by atoms with Crippen LogP contribution in [-0.4, -0.2) is 23.1 Å². The summed E-state index contributed by atoms with van der Waals surface area (Å²) in [5, 5.41) is 7.75. The first-order chi connectivity index (χ1) is 5.11. The Hall–Kier alpha value is -0.570. The molecule has 0 saturated carbocycles. The Bertz CT molecular complexity index is 168. The van der Waals surface area contributed by atoms with Crippen LogP contribution in [0.25, 0.3) is 0 Å². The summed E-state index contributed by atoms with van der Waals surface area (Å²) in [4.78, 5) is 10.1. The third kappa shape index (κ3) is 3.98. The topological polar surface area (TPSA) is 37.3 Å². The summed E-state index contributed by atoms with van der Waals surface area (Å²) in [6, 6.07) is 0. The van der Waals surface area contributed by atoms with E-state index in [0.717, 1.165) is 6.08 Å². The average molecular weight is 181 g/mol. The number of rotatable bonds is 4. The van der Waals surface area contributed by atoms with Gasteiger partial charge < -0.3 is 5.11 Å². The molecule has 0 aromatic heterocycles. The number of allylic oxidation sites excluding steroid dienone is 1.